The molecule has 0 radical (unpaired) electrons. The summed E-state index contributed by atoms with van der Waals surface area (Å²) >= 11 is 0. The summed E-state index contributed by atoms with van der Waals surface area (Å²) in [6.45, 7) is 19.0. The molecule has 6 nitrogen and oxygen atoms in total. The molecular formula is C33H48N2O4Si. The molecule has 0 aliphatic carbocycles. The highest BCUT2D eigenvalue weighted by molar-refractivity contribution is 6.78. The van der Waals surface area contributed by atoms with E-state index in [2.05, 4.69) is 46.9 Å². The number of nitrogens with one attached hydrogen (secondary N) is 1. The van der Waals surface area contributed by atoms with Gasteiger partial charge in [-0.3, -0.25) is 4.79 Å². The van der Waals surface area contributed by atoms with Crippen LogP contribution in [0, 0.1) is 0 Å². The molecule has 2 aromatic carbocycles. The van der Waals surface area contributed by atoms with Crippen molar-refractivity contribution in [3.8, 4) is 5.75 Å². The van der Waals surface area contributed by atoms with Crippen LogP contribution in [0.25, 0.3) is 6.08 Å². The van der Waals surface area contributed by atoms with Crippen LogP contribution in [0.5, 0.6) is 5.75 Å². The molecule has 0 aliphatic heterocycles. The highest BCUT2D eigenvalue weighted by Crippen LogP contribution is 2.42. The van der Waals surface area contributed by atoms with Crippen molar-refractivity contribution in [2.24, 2.45) is 5.73 Å². The van der Waals surface area contributed by atoms with Gasteiger partial charge in [-0.25, -0.2) is 4.79 Å². The third kappa shape index (κ3) is 9.79. The van der Waals surface area contributed by atoms with E-state index in [1.165, 1.54) is 6.08 Å². The van der Waals surface area contributed by atoms with E-state index in [4.69, 9.17) is 14.9 Å². The molecule has 0 spiro atoms. The van der Waals surface area contributed by atoms with Gasteiger partial charge in [0.05, 0.1) is 6.04 Å². The third-order valence-electron chi connectivity index (χ3n) is 6.91. The smallest absolute Gasteiger partial charge is 0.331 e. The van der Waals surface area contributed by atoms with E-state index in [1.54, 1.807) is 32.9 Å². The van der Waals surface area contributed by atoms with Gasteiger partial charge >= 0.3 is 5.97 Å². The lowest BCUT2D eigenvalue weighted by atomic mass is 10.1. The van der Waals surface area contributed by atoms with Crippen LogP contribution in [-0.4, -0.2) is 31.8 Å². The molecule has 2 rings (SSSR count). The van der Waals surface area contributed by atoms with Crippen LogP contribution in [0.4, 0.5) is 0 Å². The second-order valence-electron chi connectivity index (χ2n) is 12.2. The fourth-order valence-electron chi connectivity index (χ4n) is 5.18. The Kier molecular flexibility index (Phi) is 11.9. The Bertz CT molecular complexity index is 1140. The number of nitrogens with two attached hydrogens (primary N) is 1. The Hall–Kier alpha value is -3.16. The van der Waals surface area contributed by atoms with Gasteiger partial charge in [-0.15, -0.1) is 0 Å². The number of ether oxygens (including phenoxy) is 1. The van der Waals surface area contributed by atoms with Gasteiger partial charge in [0.1, 0.15) is 11.4 Å². The summed E-state index contributed by atoms with van der Waals surface area (Å²) in [7, 11) is -2.08. The minimum atomic E-state index is -2.08. The van der Waals surface area contributed by atoms with E-state index in [-0.39, 0.29) is 5.91 Å². The van der Waals surface area contributed by atoms with Crippen molar-refractivity contribution in [2.75, 3.05) is 0 Å². The highest BCUT2D eigenvalue weighted by atomic mass is 28.4. The van der Waals surface area contributed by atoms with Crippen LogP contribution in [0.1, 0.15) is 73.4 Å². The van der Waals surface area contributed by atoms with Crippen LogP contribution in [0.3, 0.4) is 0 Å². The molecule has 2 aromatic rings. The standard InChI is InChI=1S/C33H48N2O4Si/c1-23(2)40(24(3)4,25(5)6)39-29-18-15-27(16-19-29)21-28(17-20-31(36)38-33(7,8)9)35-32(37)30(34)22-26-13-11-10-12-14-26/h10-21,23-25,30H,22,34H2,1-9H3,(H,35,37)/b20-17+,28-21+/t30-/m1/s1. The van der Waals surface area contributed by atoms with Crippen LogP contribution in [0.2, 0.25) is 16.6 Å². The molecule has 0 aromatic heterocycles. The zero-order valence-corrected chi connectivity index (χ0v) is 26.7. The van der Waals surface area contributed by atoms with Crippen LogP contribution in [-0.2, 0) is 20.7 Å². The van der Waals surface area contributed by atoms with Crippen molar-refractivity contribution < 1.29 is 18.8 Å². The average Bonchev–Trinajstić information content (AvgIpc) is 2.85. The van der Waals surface area contributed by atoms with Gasteiger partial charge in [-0.1, -0.05) is 84.0 Å². The first kappa shape index (κ1) is 33.0. The lowest BCUT2D eigenvalue weighted by Gasteiger charge is -2.42. The van der Waals surface area contributed by atoms with E-state index in [0.717, 1.165) is 16.9 Å². The van der Waals surface area contributed by atoms with Crippen molar-refractivity contribution in [3.05, 3.63) is 83.6 Å². The first-order chi connectivity index (χ1) is 18.6. The topological polar surface area (TPSA) is 90.6 Å². The van der Waals surface area contributed by atoms with E-state index < -0.39 is 25.9 Å². The van der Waals surface area contributed by atoms with Crippen molar-refractivity contribution in [1.29, 1.82) is 0 Å². The molecule has 0 aliphatic rings. The van der Waals surface area contributed by atoms with Crippen molar-refractivity contribution >= 4 is 26.3 Å². The number of esters is 1. The molecule has 1 atom stereocenters. The predicted octanol–water partition coefficient (Wildman–Crippen LogP) is 7.17. The van der Waals surface area contributed by atoms with Gasteiger partial charge < -0.3 is 20.2 Å². The lowest BCUT2D eigenvalue weighted by Crippen LogP contribution is -2.50. The molecule has 0 heterocycles. The van der Waals surface area contributed by atoms with E-state index in [1.807, 2.05) is 54.6 Å². The van der Waals surface area contributed by atoms with Crippen molar-refractivity contribution in [2.45, 2.75) is 97.0 Å². The minimum absolute atomic E-state index is 0.342. The SMILES string of the molecule is CC(C)[Si](Oc1ccc(/C=C(\C=C\C(=O)OC(C)(C)C)NC(=O)[C@H](N)Cc2ccccc2)cc1)(C(C)C)C(C)C. The first-order valence-corrected chi connectivity index (χ1v) is 16.3. The van der Waals surface area contributed by atoms with E-state index in [9.17, 15) is 9.59 Å². The van der Waals surface area contributed by atoms with Gasteiger partial charge in [0.15, 0.2) is 0 Å². The Morgan fingerprint density at radius 3 is 1.93 bits per heavy atom. The van der Waals surface area contributed by atoms with Gasteiger partial charge in [-0.05, 0) is 79.2 Å². The normalized spacial score (nSPS) is 13.7. The molecule has 7 heteroatoms. The second-order valence-corrected chi connectivity index (χ2v) is 17.6. The number of benzene rings is 2. The summed E-state index contributed by atoms with van der Waals surface area (Å²) < 4.78 is 12.2. The molecule has 0 bridgehead atoms. The maximum absolute atomic E-state index is 13.0. The molecule has 1 amide bonds. The monoisotopic (exact) mass is 564 g/mol. The highest BCUT2D eigenvalue weighted by Gasteiger charge is 2.46. The zero-order chi connectivity index (χ0) is 30.1. The Balaban J connectivity index is 2.31. The van der Waals surface area contributed by atoms with Crippen LogP contribution >= 0.6 is 0 Å². The molecular weight excluding hydrogens is 516 g/mol. The van der Waals surface area contributed by atoms with E-state index in [0.29, 0.717) is 28.7 Å². The van der Waals surface area contributed by atoms with E-state index >= 15 is 0 Å². The largest absolute Gasteiger partial charge is 0.543 e. The average molecular weight is 565 g/mol. The van der Waals surface area contributed by atoms with Crippen LogP contribution < -0.4 is 15.5 Å². The molecule has 218 valence electrons. The lowest BCUT2D eigenvalue weighted by molar-refractivity contribution is -0.148. The minimum Gasteiger partial charge on any atom is -0.543 e. The fourth-order valence-corrected chi connectivity index (χ4v) is 10.4. The molecule has 40 heavy (non-hydrogen) atoms. The number of rotatable bonds is 12. The van der Waals surface area contributed by atoms with Crippen molar-refractivity contribution in [1.82, 2.24) is 5.32 Å². The number of allylic oxidation sites excluding steroid dienone is 1. The molecule has 0 unspecified atom stereocenters. The maximum atomic E-state index is 13.0. The number of hydrogen-bond donors (Lipinski definition) is 2. The summed E-state index contributed by atoms with van der Waals surface area (Å²) in [6, 6.07) is 16.7. The second kappa shape index (κ2) is 14.5. The number of carbonyl (C=O) groups is 2. The van der Waals surface area contributed by atoms with Crippen molar-refractivity contribution in [3.63, 3.8) is 0 Å². The number of amides is 1. The maximum Gasteiger partial charge on any atom is 0.331 e. The number of hydrogen-bond acceptors (Lipinski definition) is 5. The zero-order valence-electron chi connectivity index (χ0n) is 25.7. The third-order valence-corrected chi connectivity index (χ3v) is 12.9. The summed E-state index contributed by atoms with van der Waals surface area (Å²) in [4.78, 5) is 25.3. The fraction of sp³-hybridized carbons (Fsp3) is 0.455. The summed E-state index contributed by atoms with van der Waals surface area (Å²) in [5.41, 5.74) is 9.24. The molecule has 0 saturated carbocycles. The first-order valence-electron chi connectivity index (χ1n) is 14.2. The Labute approximate surface area is 242 Å². The van der Waals surface area contributed by atoms with Gasteiger partial charge in [0.2, 0.25) is 5.91 Å². The van der Waals surface area contributed by atoms with Gasteiger partial charge in [0.25, 0.3) is 8.32 Å². The summed E-state index contributed by atoms with van der Waals surface area (Å²) in [6.07, 6.45) is 5.05. The summed E-state index contributed by atoms with van der Waals surface area (Å²) in [5, 5.41) is 2.88. The summed E-state index contributed by atoms with van der Waals surface area (Å²) in [5.74, 6) is 0.00694. The van der Waals surface area contributed by atoms with Crippen LogP contribution in [0.15, 0.2) is 72.4 Å². The Morgan fingerprint density at radius 1 is 0.875 bits per heavy atom. The molecule has 0 saturated heterocycles. The predicted molar refractivity (Wildman–Crippen MR) is 167 cm³/mol. The van der Waals surface area contributed by atoms with Gasteiger partial charge in [0, 0.05) is 11.8 Å². The molecule has 0 fully saturated rings. The van der Waals surface area contributed by atoms with Gasteiger partial charge in [-0.2, -0.15) is 0 Å². The number of carbonyl (C=O) groups excluding carboxylic acids is 2. The Morgan fingerprint density at radius 2 is 1.43 bits per heavy atom. The quantitative estimate of drug-likeness (QED) is 0.123. The molecule has 3 N–H and O–H groups in total.